The van der Waals surface area contributed by atoms with Crippen LogP contribution in [-0.2, 0) is 17.9 Å². The van der Waals surface area contributed by atoms with Gasteiger partial charge in [0.2, 0.25) is 11.8 Å². The van der Waals surface area contributed by atoms with Crippen LogP contribution in [0.25, 0.3) is 0 Å². The lowest BCUT2D eigenvalue weighted by atomic mass is 10.0. The Bertz CT molecular complexity index is 1090. The molecule has 0 fully saturated rings. The predicted molar refractivity (Wildman–Crippen MR) is 119 cm³/mol. The van der Waals surface area contributed by atoms with Crippen molar-refractivity contribution in [2.24, 2.45) is 5.92 Å². The maximum absolute atomic E-state index is 13.9. The average Bonchev–Trinajstić information content (AvgIpc) is 2.80. The van der Waals surface area contributed by atoms with Crippen molar-refractivity contribution < 1.29 is 23.1 Å². The van der Waals surface area contributed by atoms with Gasteiger partial charge in [0.25, 0.3) is 5.91 Å². The van der Waals surface area contributed by atoms with Crippen molar-refractivity contribution in [1.29, 1.82) is 0 Å². The quantitative estimate of drug-likeness (QED) is 0.513. The maximum atomic E-state index is 13.9. The molecule has 0 aliphatic carbocycles. The molecule has 0 bridgehead atoms. The van der Waals surface area contributed by atoms with E-state index in [0.29, 0.717) is 12.5 Å². The van der Waals surface area contributed by atoms with Crippen molar-refractivity contribution >= 4 is 11.8 Å². The Labute approximate surface area is 191 Å². The molecule has 3 rings (SSSR count). The monoisotopic (exact) mass is 453 g/mol. The largest absolute Gasteiger partial charge is 0.473 e. The van der Waals surface area contributed by atoms with Gasteiger partial charge in [0.05, 0.1) is 0 Å². The lowest BCUT2D eigenvalue weighted by Gasteiger charge is -2.22. The summed E-state index contributed by atoms with van der Waals surface area (Å²) in [4.78, 5) is 29.3. The molecule has 0 saturated carbocycles. The molecule has 1 aromatic heterocycles. The second-order valence-corrected chi connectivity index (χ2v) is 7.79. The topological polar surface area (TPSA) is 80.3 Å². The number of aromatic nitrogens is 1. The van der Waals surface area contributed by atoms with Crippen LogP contribution in [0.4, 0.5) is 8.78 Å². The molecule has 0 unspecified atom stereocenters. The number of carbonyl (C=O) groups is 2. The Balaban J connectivity index is 1.60. The third-order valence-electron chi connectivity index (χ3n) is 4.92. The third kappa shape index (κ3) is 6.58. The zero-order valence-corrected chi connectivity index (χ0v) is 18.3. The van der Waals surface area contributed by atoms with Crippen molar-refractivity contribution in [1.82, 2.24) is 15.6 Å². The van der Waals surface area contributed by atoms with Crippen LogP contribution in [0.3, 0.4) is 0 Å². The van der Waals surface area contributed by atoms with E-state index in [2.05, 4.69) is 15.6 Å². The van der Waals surface area contributed by atoms with Gasteiger partial charge in [0, 0.05) is 18.8 Å². The maximum Gasteiger partial charge on any atom is 0.257 e. The summed E-state index contributed by atoms with van der Waals surface area (Å²) in [5.74, 6) is -3.34. The van der Waals surface area contributed by atoms with Crippen molar-refractivity contribution in [3.63, 3.8) is 0 Å². The number of benzene rings is 2. The molecule has 3 aromatic rings. The molecule has 2 N–H and O–H groups in total. The van der Waals surface area contributed by atoms with Gasteiger partial charge in [0.15, 0.2) is 0 Å². The van der Waals surface area contributed by atoms with E-state index in [9.17, 15) is 18.4 Å². The fourth-order valence-electron chi connectivity index (χ4n) is 3.13. The normalized spacial score (nSPS) is 11.7. The molecular formula is C25H25F2N3O3. The number of halogens is 2. The second kappa shape index (κ2) is 11.2. The summed E-state index contributed by atoms with van der Waals surface area (Å²) >= 11 is 0. The number of hydrogen-bond donors (Lipinski definition) is 2. The van der Waals surface area contributed by atoms with E-state index < -0.39 is 35.1 Å². The number of hydrogen-bond acceptors (Lipinski definition) is 4. The fraction of sp³-hybridized carbons (Fsp3) is 0.240. The third-order valence-corrected chi connectivity index (χ3v) is 4.92. The van der Waals surface area contributed by atoms with Crippen LogP contribution in [0.1, 0.15) is 35.3 Å². The fourth-order valence-corrected chi connectivity index (χ4v) is 3.13. The highest BCUT2D eigenvalue weighted by Gasteiger charge is 2.27. The molecule has 2 aromatic carbocycles. The molecule has 0 radical (unpaired) electrons. The minimum absolute atomic E-state index is 0.163. The summed E-state index contributed by atoms with van der Waals surface area (Å²) in [5, 5.41) is 5.18. The summed E-state index contributed by atoms with van der Waals surface area (Å²) in [6.45, 7) is 3.97. The van der Waals surface area contributed by atoms with Crippen molar-refractivity contribution in [3.8, 4) is 5.88 Å². The minimum atomic E-state index is -0.991. The standard InChI is InChI=1S/C25H25F2N3O3/c1-16(2)23(30-24(31)22-19(26)9-6-10-20(22)27)25(32)29-14-18-11-12-28-21(13-18)33-15-17-7-4-3-5-8-17/h3-13,16,23H,14-15H2,1-2H3,(H,29,32)(H,30,31)/t23-/m0/s1. The first-order valence-electron chi connectivity index (χ1n) is 10.5. The number of ether oxygens (including phenoxy) is 1. The van der Waals surface area contributed by atoms with Gasteiger partial charge in [-0.3, -0.25) is 9.59 Å². The van der Waals surface area contributed by atoms with Gasteiger partial charge in [-0.2, -0.15) is 0 Å². The first kappa shape index (κ1) is 23.8. The molecule has 33 heavy (non-hydrogen) atoms. The van der Waals surface area contributed by atoms with Gasteiger partial charge in [-0.1, -0.05) is 50.2 Å². The number of nitrogens with one attached hydrogen (secondary N) is 2. The smallest absolute Gasteiger partial charge is 0.257 e. The number of carbonyl (C=O) groups excluding carboxylic acids is 2. The van der Waals surface area contributed by atoms with Crippen molar-refractivity contribution in [2.45, 2.75) is 33.0 Å². The molecule has 0 spiro atoms. The average molecular weight is 453 g/mol. The van der Waals surface area contributed by atoms with Crippen LogP contribution in [0.15, 0.2) is 66.9 Å². The molecule has 0 aliphatic heterocycles. The van der Waals surface area contributed by atoms with Gasteiger partial charge >= 0.3 is 0 Å². The van der Waals surface area contributed by atoms with Crippen molar-refractivity contribution in [3.05, 3.63) is 95.2 Å². The molecule has 172 valence electrons. The Morgan fingerprint density at radius 2 is 1.67 bits per heavy atom. The van der Waals surface area contributed by atoms with Gasteiger partial charge in [-0.15, -0.1) is 0 Å². The second-order valence-electron chi connectivity index (χ2n) is 7.79. The highest BCUT2D eigenvalue weighted by molar-refractivity contribution is 5.98. The van der Waals surface area contributed by atoms with E-state index in [1.54, 1.807) is 32.2 Å². The van der Waals surface area contributed by atoms with Crippen LogP contribution in [0, 0.1) is 17.6 Å². The van der Waals surface area contributed by atoms with Gasteiger partial charge in [-0.05, 0) is 35.2 Å². The van der Waals surface area contributed by atoms with E-state index in [0.717, 1.165) is 23.3 Å². The van der Waals surface area contributed by atoms with E-state index in [4.69, 9.17) is 4.74 Å². The summed E-state index contributed by atoms with van der Waals surface area (Å²) in [6, 6.07) is 15.2. The van der Waals surface area contributed by atoms with Crippen LogP contribution in [-0.4, -0.2) is 22.8 Å². The predicted octanol–water partition coefficient (Wildman–Crippen LogP) is 4.01. The van der Waals surface area contributed by atoms with Crippen LogP contribution >= 0.6 is 0 Å². The summed E-state index contributed by atoms with van der Waals surface area (Å²) in [6.07, 6.45) is 1.57. The number of amides is 2. The minimum Gasteiger partial charge on any atom is -0.473 e. The highest BCUT2D eigenvalue weighted by Crippen LogP contribution is 2.14. The van der Waals surface area contributed by atoms with Gasteiger partial charge in [0.1, 0.15) is 29.8 Å². The Kier molecular flexibility index (Phi) is 8.07. The highest BCUT2D eigenvalue weighted by atomic mass is 19.1. The zero-order chi connectivity index (χ0) is 23.8. The van der Waals surface area contributed by atoms with Crippen LogP contribution in [0.5, 0.6) is 5.88 Å². The SMILES string of the molecule is CC(C)[C@H](NC(=O)c1c(F)cccc1F)C(=O)NCc1ccnc(OCc2ccccc2)c1. The van der Waals surface area contributed by atoms with E-state index >= 15 is 0 Å². The van der Waals surface area contributed by atoms with E-state index in [1.165, 1.54) is 6.07 Å². The molecule has 8 heteroatoms. The summed E-state index contributed by atoms with van der Waals surface area (Å²) in [7, 11) is 0. The lowest BCUT2D eigenvalue weighted by molar-refractivity contribution is -0.124. The van der Waals surface area contributed by atoms with Crippen LogP contribution in [0.2, 0.25) is 0 Å². The molecule has 1 heterocycles. The van der Waals surface area contributed by atoms with E-state index in [-0.39, 0.29) is 12.5 Å². The molecule has 0 saturated heterocycles. The van der Waals surface area contributed by atoms with Gasteiger partial charge < -0.3 is 15.4 Å². The summed E-state index contributed by atoms with van der Waals surface area (Å²) < 4.78 is 33.5. The lowest BCUT2D eigenvalue weighted by Crippen LogP contribution is -2.49. The molecule has 1 atom stereocenters. The Morgan fingerprint density at radius 1 is 0.970 bits per heavy atom. The van der Waals surface area contributed by atoms with Gasteiger partial charge in [-0.25, -0.2) is 13.8 Å². The first-order chi connectivity index (χ1) is 15.8. The zero-order valence-electron chi connectivity index (χ0n) is 18.3. The Hall–Kier alpha value is -3.81. The van der Waals surface area contributed by atoms with E-state index in [1.807, 2.05) is 30.3 Å². The molecule has 0 aliphatic rings. The Morgan fingerprint density at radius 3 is 2.33 bits per heavy atom. The number of rotatable bonds is 9. The number of pyridine rings is 1. The molecule has 6 nitrogen and oxygen atoms in total. The van der Waals surface area contributed by atoms with Crippen molar-refractivity contribution in [2.75, 3.05) is 0 Å². The number of nitrogens with zero attached hydrogens (tertiary/aromatic N) is 1. The van der Waals surface area contributed by atoms with Crippen LogP contribution < -0.4 is 15.4 Å². The molecule has 2 amide bonds. The molecular weight excluding hydrogens is 428 g/mol. The summed E-state index contributed by atoms with van der Waals surface area (Å²) in [5.41, 5.74) is 1.03. The first-order valence-corrected chi connectivity index (χ1v) is 10.5.